The van der Waals surface area contributed by atoms with Crippen LogP contribution in [0, 0.1) is 0 Å². The number of carbonyl (C=O) groups excluding carboxylic acids is 2. The van der Waals surface area contributed by atoms with Gasteiger partial charge in [-0.1, -0.05) is 24.3 Å². The topological polar surface area (TPSA) is 79.6 Å². The lowest BCUT2D eigenvalue weighted by Crippen LogP contribution is -2.30. The Morgan fingerprint density at radius 2 is 1.81 bits per heavy atom. The molecular weight excluding hydrogens is 483 g/mol. The molecule has 0 spiro atoms. The number of alkyl halides is 3. The van der Waals surface area contributed by atoms with Crippen molar-refractivity contribution < 1.29 is 22.8 Å². The molecule has 0 saturated carbocycles. The quantitative estimate of drug-likeness (QED) is 0.364. The first-order chi connectivity index (χ1) is 17.8. The molecule has 0 bridgehead atoms. The van der Waals surface area contributed by atoms with E-state index in [-0.39, 0.29) is 11.8 Å². The maximum absolute atomic E-state index is 13.1. The lowest BCUT2D eigenvalue weighted by atomic mass is 10.1. The van der Waals surface area contributed by atoms with Crippen LogP contribution in [0.25, 0.3) is 28.2 Å². The summed E-state index contributed by atoms with van der Waals surface area (Å²) in [6, 6.07) is 12.0. The average Bonchev–Trinajstić information content (AvgIpc) is 3.51. The van der Waals surface area contributed by atoms with Crippen LogP contribution in [0.2, 0.25) is 0 Å². The van der Waals surface area contributed by atoms with E-state index in [2.05, 4.69) is 15.3 Å². The molecule has 1 aliphatic rings. The van der Waals surface area contributed by atoms with E-state index in [1.165, 1.54) is 6.07 Å². The maximum Gasteiger partial charge on any atom is 0.416 e. The number of nitrogens with zero attached hydrogens (tertiary/aromatic N) is 4. The zero-order chi connectivity index (χ0) is 26.0. The van der Waals surface area contributed by atoms with Crippen LogP contribution >= 0.6 is 0 Å². The van der Waals surface area contributed by atoms with Crippen LogP contribution in [0.4, 0.5) is 13.2 Å². The van der Waals surface area contributed by atoms with Gasteiger partial charge in [-0.05, 0) is 37.1 Å². The molecule has 7 nitrogen and oxygen atoms in total. The average molecular weight is 508 g/mol. The molecule has 4 aromatic rings. The fraction of sp³-hybridized carbons (Fsp3) is 0.259. The largest absolute Gasteiger partial charge is 0.416 e. The third kappa shape index (κ3) is 5.32. The summed E-state index contributed by atoms with van der Waals surface area (Å²) in [4.78, 5) is 34.8. The Labute approximate surface area is 211 Å². The van der Waals surface area contributed by atoms with Gasteiger partial charge in [-0.25, -0.2) is 4.98 Å². The molecule has 2 aromatic heterocycles. The Morgan fingerprint density at radius 1 is 1.03 bits per heavy atom. The summed E-state index contributed by atoms with van der Waals surface area (Å²) in [6.07, 6.45) is 2.59. The van der Waals surface area contributed by atoms with E-state index < -0.39 is 11.7 Å². The molecule has 5 rings (SSSR count). The molecule has 1 fully saturated rings. The van der Waals surface area contributed by atoms with Gasteiger partial charge in [0.25, 0.3) is 5.91 Å². The van der Waals surface area contributed by atoms with Gasteiger partial charge in [0.2, 0.25) is 5.91 Å². The van der Waals surface area contributed by atoms with E-state index in [1.807, 2.05) is 4.90 Å². The van der Waals surface area contributed by atoms with Gasteiger partial charge in [0.15, 0.2) is 0 Å². The standard InChI is InChI=1S/C27H24F3N5O2/c28-27(29,30)21-5-1-4-20(14-21)23-17-35-22(15-32-23)16-33-25(35)18-7-9-19(10-8-18)26(37)31-11-3-13-34-12-2-6-24(34)36/h1,4-5,7-10,14-17H,2-3,6,11-13H2,(H,31,37). The van der Waals surface area contributed by atoms with Crippen LogP contribution in [0.5, 0.6) is 0 Å². The number of benzene rings is 2. The number of aromatic nitrogens is 3. The van der Waals surface area contributed by atoms with Crippen molar-refractivity contribution in [2.75, 3.05) is 19.6 Å². The molecule has 2 aromatic carbocycles. The summed E-state index contributed by atoms with van der Waals surface area (Å²) < 4.78 is 41.2. The van der Waals surface area contributed by atoms with Crippen LogP contribution in [0.1, 0.15) is 35.2 Å². The molecule has 0 aliphatic carbocycles. The van der Waals surface area contributed by atoms with Crippen molar-refractivity contribution in [3.8, 4) is 22.6 Å². The third-order valence-electron chi connectivity index (χ3n) is 6.37. The van der Waals surface area contributed by atoms with Crippen molar-refractivity contribution in [3.05, 3.63) is 78.2 Å². The number of halogens is 3. The van der Waals surface area contributed by atoms with E-state index >= 15 is 0 Å². The highest BCUT2D eigenvalue weighted by atomic mass is 19.4. The molecule has 0 unspecified atom stereocenters. The summed E-state index contributed by atoms with van der Waals surface area (Å²) in [5.74, 6) is 0.544. The van der Waals surface area contributed by atoms with Crippen molar-refractivity contribution in [1.29, 1.82) is 0 Å². The Kier molecular flexibility index (Phi) is 6.64. The van der Waals surface area contributed by atoms with Crippen LogP contribution < -0.4 is 5.32 Å². The first-order valence-corrected chi connectivity index (χ1v) is 12.0. The molecule has 190 valence electrons. The van der Waals surface area contributed by atoms with Gasteiger partial charge >= 0.3 is 6.18 Å². The summed E-state index contributed by atoms with van der Waals surface area (Å²) in [7, 11) is 0. The number of imidazole rings is 1. The lowest BCUT2D eigenvalue weighted by molar-refractivity contribution is -0.137. The van der Waals surface area contributed by atoms with Crippen LogP contribution in [-0.4, -0.2) is 50.7 Å². The molecule has 1 N–H and O–H groups in total. The Hall–Kier alpha value is -4.21. The number of carbonyl (C=O) groups is 2. The predicted molar refractivity (Wildman–Crippen MR) is 132 cm³/mol. The maximum atomic E-state index is 13.1. The van der Waals surface area contributed by atoms with Crippen LogP contribution in [0.15, 0.2) is 67.1 Å². The molecule has 0 atom stereocenters. The molecule has 3 heterocycles. The Morgan fingerprint density at radius 3 is 2.54 bits per heavy atom. The van der Waals surface area contributed by atoms with E-state index in [0.29, 0.717) is 54.1 Å². The predicted octanol–water partition coefficient (Wildman–Crippen LogP) is 4.82. The van der Waals surface area contributed by atoms with Crippen LogP contribution in [-0.2, 0) is 11.0 Å². The van der Waals surface area contributed by atoms with Gasteiger partial charge in [-0.3, -0.25) is 19.0 Å². The molecule has 0 radical (unpaired) electrons. The number of rotatable bonds is 7. The zero-order valence-corrected chi connectivity index (χ0v) is 19.8. The van der Waals surface area contributed by atoms with Gasteiger partial charge < -0.3 is 10.2 Å². The van der Waals surface area contributed by atoms with Crippen LogP contribution in [0.3, 0.4) is 0 Å². The smallest absolute Gasteiger partial charge is 0.352 e. The number of hydrogen-bond donors (Lipinski definition) is 1. The first kappa shape index (κ1) is 24.5. The Bertz CT molecular complexity index is 1450. The number of likely N-dealkylation sites (tertiary alicyclic amines) is 1. The fourth-order valence-corrected chi connectivity index (χ4v) is 4.40. The normalized spacial score (nSPS) is 13.9. The molecule has 37 heavy (non-hydrogen) atoms. The summed E-state index contributed by atoms with van der Waals surface area (Å²) in [5, 5.41) is 2.88. The Balaban J connectivity index is 1.29. The molecular formula is C27H24F3N5O2. The lowest BCUT2D eigenvalue weighted by Gasteiger charge is -2.15. The van der Waals surface area contributed by atoms with Gasteiger partial charge in [0, 0.05) is 48.9 Å². The summed E-state index contributed by atoms with van der Waals surface area (Å²) in [6.45, 7) is 1.90. The fourth-order valence-electron chi connectivity index (χ4n) is 4.40. The monoisotopic (exact) mass is 507 g/mol. The van der Waals surface area contributed by atoms with Gasteiger partial charge in [0.05, 0.1) is 29.2 Å². The van der Waals surface area contributed by atoms with E-state index in [9.17, 15) is 22.8 Å². The molecule has 1 saturated heterocycles. The molecule has 1 aliphatic heterocycles. The zero-order valence-electron chi connectivity index (χ0n) is 19.8. The number of amides is 2. The van der Waals surface area contributed by atoms with Crippen molar-refractivity contribution in [2.24, 2.45) is 0 Å². The molecule has 10 heteroatoms. The number of nitrogens with one attached hydrogen (secondary N) is 1. The highest BCUT2D eigenvalue weighted by Gasteiger charge is 2.30. The van der Waals surface area contributed by atoms with Crippen molar-refractivity contribution in [2.45, 2.75) is 25.4 Å². The number of fused-ring (bicyclic) bond motifs is 1. The highest BCUT2D eigenvalue weighted by molar-refractivity contribution is 5.94. The van der Waals surface area contributed by atoms with Gasteiger partial charge in [0.1, 0.15) is 5.82 Å². The minimum absolute atomic E-state index is 0.172. The van der Waals surface area contributed by atoms with Gasteiger partial charge in [-0.2, -0.15) is 13.2 Å². The second kappa shape index (κ2) is 10.0. The minimum atomic E-state index is -4.44. The number of hydrogen-bond acceptors (Lipinski definition) is 4. The van der Waals surface area contributed by atoms with Gasteiger partial charge in [-0.15, -0.1) is 0 Å². The van der Waals surface area contributed by atoms with Crippen molar-refractivity contribution in [1.82, 2.24) is 24.6 Å². The minimum Gasteiger partial charge on any atom is -0.352 e. The first-order valence-electron chi connectivity index (χ1n) is 12.0. The van der Waals surface area contributed by atoms with Crippen molar-refractivity contribution in [3.63, 3.8) is 0 Å². The highest BCUT2D eigenvalue weighted by Crippen LogP contribution is 2.32. The van der Waals surface area contributed by atoms with Crippen molar-refractivity contribution >= 4 is 17.3 Å². The SMILES string of the molecule is O=C(NCCCN1CCCC1=O)c1ccc(-c2ncc3cnc(-c4cccc(C(F)(F)F)c4)cn23)cc1. The van der Waals surface area contributed by atoms with E-state index in [0.717, 1.165) is 30.7 Å². The van der Waals surface area contributed by atoms with E-state index in [1.54, 1.807) is 53.3 Å². The molecule has 2 amide bonds. The second-order valence-corrected chi connectivity index (χ2v) is 8.90. The summed E-state index contributed by atoms with van der Waals surface area (Å²) >= 11 is 0. The van der Waals surface area contributed by atoms with E-state index in [4.69, 9.17) is 0 Å². The third-order valence-corrected chi connectivity index (χ3v) is 6.37. The second-order valence-electron chi connectivity index (χ2n) is 8.90. The summed E-state index contributed by atoms with van der Waals surface area (Å²) in [5.41, 5.74) is 1.90.